The van der Waals surface area contributed by atoms with E-state index in [1.54, 1.807) is 0 Å². The van der Waals surface area contributed by atoms with E-state index in [0.29, 0.717) is 0 Å². The summed E-state index contributed by atoms with van der Waals surface area (Å²) in [6.45, 7) is 1.68. The standard InChI is InChI=1S/C2H9N4P/c3-7(4)5-1-2-6-7/h1-2H2,(H5,3,4,5,6). The summed E-state index contributed by atoms with van der Waals surface area (Å²) in [5.74, 6) is 0. The van der Waals surface area contributed by atoms with Crippen molar-refractivity contribution >= 4 is 7.51 Å². The molecule has 0 unspecified atom stereocenters. The third-order valence-corrected chi connectivity index (χ3v) is 2.29. The van der Waals surface area contributed by atoms with Gasteiger partial charge in [-0.1, -0.05) is 0 Å². The minimum Gasteiger partial charge on any atom is -0.277 e. The second-order valence-corrected chi connectivity index (χ2v) is 3.62. The zero-order valence-corrected chi connectivity index (χ0v) is 4.83. The minimum atomic E-state index is -2.04. The van der Waals surface area contributed by atoms with Crippen LogP contribution in [-0.4, -0.2) is 13.1 Å². The first kappa shape index (κ1) is 5.25. The Morgan fingerprint density at radius 3 is 2.00 bits per heavy atom. The van der Waals surface area contributed by atoms with E-state index in [4.69, 9.17) is 10.7 Å². The van der Waals surface area contributed by atoms with Crippen molar-refractivity contribution in [2.75, 3.05) is 13.1 Å². The van der Waals surface area contributed by atoms with E-state index in [1.807, 2.05) is 0 Å². The van der Waals surface area contributed by atoms with Gasteiger partial charge in [0.2, 0.25) is 0 Å². The number of hydrogen-bond donors (Lipinski definition) is 4. The van der Waals surface area contributed by atoms with Crippen LogP contribution in [0.2, 0.25) is 0 Å². The van der Waals surface area contributed by atoms with Gasteiger partial charge in [-0.05, 0) is 0 Å². The van der Waals surface area contributed by atoms with Crippen molar-refractivity contribution in [3.05, 3.63) is 0 Å². The van der Waals surface area contributed by atoms with E-state index in [-0.39, 0.29) is 0 Å². The van der Waals surface area contributed by atoms with Gasteiger partial charge in [-0.2, -0.15) is 0 Å². The molecule has 0 bridgehead atoms. The van der Waals surface area contributed by atoms with E-state index < -0.39 is 7.51 Å². The Balaban J connectivity index is 2.57. The number of nitrogens with two attached hydrogens (primary N) is 1. The Hall–Kier alpha value is 0.110. The Labute approximate surface area is 42.5 Å². The lowest BCUT2D eigenvalue weighted by Gasteiger charge is -2.05. The second-order valence-electron chi connectivity index (χ2n) is 1.54. The molecule has 0 amide bonds. The van der Waals surface area contributed by atoms with E-state index in [9.17, 15) is 0 Å². The summed E-state index contributed by atoms with van der Waals surface area (Å²) in [4.78, 5) is 0. The summed E-state index contributed by atoms with van der Waals surface area (Å²) < 4.78 is 0. The van der Waals surface area contributed by atoms with Gasteiger partial charge < -0.3 is 0 Å². The van der Waals surface area contributed by atoms with Crippen LogP contribution in [0.25, 0.3) is 0 Å². The normalized spacial score (nSPS) is 28.1. The van der Waals surface area contributed by atoms with Crippen molar-refractivity contribution in [3.8, 4) is 0 Å². The van der Waals surface area contributed by atoms with Gasteiger partial charge in [0.1, 0.15) is 0 Å². The molecule has 0 radical (unpaired) electrons. The molecular formula is C2H9N4P. The molecule has 0 aliphatic carbocycles. The topological polar surface area (TPSA) is 73.9 Å². The summed E-state index contributed by atoms with van der Waals surface area (Å²) in [6, 6.07) is 0. The maximum atomic E-state index is 7.15. The van der Waals surface area contributed by atoms with Crippen molar-refractivity contribution < 1.29 is 0 Å². The maximum Gasteiger partial charge on any atom is 0.154 e. The van der Waals surface area contributed by atoms with Crippen molar-refractivity contribution in [1.82, 2.24) is 10.2 Å². The second kappa shape index (κ2) is 1.56. The Bertz CT molecular complexity index is 100. The molecule has 1 saturated heterocycles. The van der Waals surface area contributed by atoms with Crippen molar-refractivity contribution in [2.24, 2.45) is 5.50 Å². The lowest BCUT2D eigenvalue weighted by atomic mass is 10.7. The molecule has 1 aliphatic heterocycles. The smallest absolute Gasteiger partial charge is 0.154 e. The highest BCUT2D eigenvalue weighted by molar-refractivity contribution is 7.58. The molecule has 1 aliphatic rings. The van der Waals surface area contributed by atoms with E-state index >= 15 is 0 Å². The third-order valence-electron chi connectivity index (χ3n) is 0.847. The van der Waals surface area contributed by atoms with Crippen LogP contribution in [0.15, 0.2) is 0 Å². The molecule has 42 valence electrons. The van der Waals surface area contributed by atoms with Crippen LogP contribution in [0.5, 0.6) is 0 Å². The maximum absolute atomic E-state index is 7.15. The Kier molecular flexibility index (Phi) is 1.17. The number of nitrogens with one attached hydrogen (secondary N) is 3. The van der Waals surface area contributed by atoms with Crippen molar-refractivity contribution in [3.63, 3.8) is 0 Å². The zero-order chi connectivity index (χ0) is 5.33. The third kappa shape index (κ3) is 1.24. The van der Waals surface area contributed by atoms with Crippen LogP contribution < -0.4 is 15.7 Å². The first-order valence-electron chi connectivity index (χ1n) is 2.14. The van der Waals surface area contributed by atoms with Crippen molar-refractivity contribution in [2.45, 2.75) is 0 Å². The fourth-order valence-electron chi connectivity index (χ4n) is 0.520. The van der Waals surface area contributed by atoms with Crippen LogP contribution >= 0.6 is 7.51 Å². The predicted molar refractivity (Wildman–Crippen MR) is 29.8 cm³/mol. The summed E-state index contributed by atoms with van der Waals surface area (Å²) in [7, 11) is -2.04. The quantitative estimate of drug-likeness (QED) is 0.330. The van der Waals surface area contributed by atoms with Gasteiger partial charge in [-0.3, -0.25) is 20.8 Å². The Morgan fingerprint density at radius 1 is 1.43 bits per heavy atom. The lowest BCUT2D eigenvalue weighted by molar-refractivity contribution is 0.942. The molecule has 0 saturated carbocycles. The van der Waals surface area contributed by atoms with Gasteiger partial charge in [0, 0.05) is 13.1 Å². The van der Waals surface area contributed by atoms with Crippen molar-refractivity contribution in [1.29, 1.82) is 5.16 Å². The molecule has 7 heavy (non-hydrogen) atoms. The molecule has 4 nitrogen and oxygen atoms in total. The van der Waals surface area contributed by atoms with Gasteiger partial charge in [0.15, 0.2) is 7.51 Å². The van der Waals surface area contributed by atoms with Gasteiger partial charge in [0.25, 0.3) is 0 Å². The number of hydrogen-bond acceptors (Lipinski definition) is 1. The molecular weight excluding hydrogens is 111 g/mol. The highest BCUT2D eigenvalue weighted by Crippen LogP contribution is 2.27. The van der Waals surface area contributed by atoms with Crippen LogP contribution in [0.4, 0.5) is 0 Å². The monoisotopic (exact) mass is 120 g/mol. The molecule has 5 N–H and O–H groups in total. The Morgan fingerprint density at radius 2 is 1.86 bits per heavy atom. The lowest BCUT2D eigenvalue weighted by Crippen LogP contribution is -2.13. The van der Waals surface area contributed by atoms with E-state index in [2.05, 4.69) is 10.2 Å². The van der Waals surface area contributed by atoms with Gasteiger partial charge in [-0.25, -0.2) is 0 Å². The molecule has 1 heterocycles. The van der Waals surface area contributed by atoms with Crippen LogP contribution in [0, 0.1) is 5.16 Å². The number of rotatable bonds is 0. The average molecular weight is 120 g/mol. The highest BCUT2D eigenvalue weighted by atomic mass is 31.2. The molecule has 0 aromatic heterocycles. The molecule has 0 aromatic carbocycles. The molecule has 0 aromatic rings. The molecule has 1 rings (SSSR count). The molecule has 0 spiro atoms. The zero-order valence-electron chi connectivity index (χ0n) is 3.94. The van der Waals surface area contributed by atoms with Gasteiger partial charge in [0.05, 0.1) is 0 Å². The van der Waals surface area contributed by atoms with Crippen LogP contribution in [0.1, 0.15) is 0 Å². The van der Waals surface area contributed by atoms with E-state index in [0.717, 1.165) is 13.1 Å². The van der Waals surface area contributed by atoms with E-state index in [1.165, 1.54) is 0 Å². The predicted octanol–water partition coefficient (Wildman–Crippen LogP) is -0.337. The molecule has 5 heteroatoms. The summed E-state index contributed by atoms with van der Waals surface area (Å²) in [6.07, 6.45) is 0. The molecule has 0 atom stereocenters. The fourth-order valence-corrected chi connectivity index (χ4v) is 1.56. The molecule has 1 fully saturated rings. The van der Waals surface area contributed by atoms with Crippen LogP contribution in [-0.2, 0) is 0 Å². The SMILES string of the molecule is N=P1(N)NCCN1. The summed E-state index contributed by atoms with van der Waals surface area (Å²) >= 11 is 0. The highest BCUT2D eigenvalue weighted by Gasteiger charge is 2.13. The first-order chi connectivity index (χ1) is 3.21. The van der Waals surface area contributed by atoms with Gasteiger partial charge in [-0.15, -0.1) is 0 Å². The summed E-state index contributed by atoms with van der Waals surface area (Å²) in [5.41, 5.74) is 5.33. The fraction of sp³-hybridized carbons (Fsp3) is 1.00. The van der Waals surface area contributed by atoms with Gasteiger partial charge >= 0.3 is 0 Å². The average Bonchev–Trinajstić information content (AvgIpc) is 1.84. The summed E-state index contributed by atoms with van der Waals surface area (Å²) in [5, 5.41) is 12.8. The largest absolute Gasteiger partial charge is 0.277 e. The first-order valence-corrected chi connectivity index (χ1v) is 3.99. The minimum absolute atomic E-state index is 0.841. The van der Waals surface area contributed by atoms with Crippen LogP contribution in [0.3, 0.4) is 0 Å².